The average Bonchev–Trinajstić information content (AvgIpc) is 3.24. The molecular weight excluding hydrogens is 332 g/mol. The van der Waals surface area contributed by atoms with Crippen LogP contribution in [0.25, 0.3) is 0 Å². The van der Waals surface area contributed by atoms with Gasteiger partial charge in [-0.25, -0.2) is 0 Å². The number of hydrogen-bond donors (Lipinski definition) is 2. The van der Waals surface area contributed by atoms with E-state index < -0.39 is 0 Å². The van der Waals surface area contributed by atoms with Crippen molar-refractivity contribution in [2.75, 3.05) is 45.9 Å². The zero-order valence-corrected chi connectivity index (χ0v) is 15.6. The lowest BCUT2D eigenvalue weighted by molar-refractivity contribution is -0.128. The summed E-state index contributed by atoms with van der Waals surface area (Å²) in [7, 11) is 0. The first kappa shape index (κ1) is 18.2. The standard InChI is InChI=1S/C19H32N4O3/c24-18-12-15(13-23(18)6-5-22-7-9-26-10-8-22)20-19(25)17-11-14-3-1-2-4-16(14)21-17/h14-17,21H,1-13H2,(H,20,25). The third-order valence-corrected chi connectivity index (χ3v) is 6.53. The highest BCUT2D eigenvalue weighted by Crippen LogP contribution is 2.33. The Morgan fingerprint density at radius 1 is 1.19 bits per heavy atom. The van der Waals surface area contributed by atoms with Crippen molar-refractivity contribution in [1.82, 2.24) is 20.4 Å². The van der Waals surface area contributed by atoms with Gasteiger partial charge in [0.15, 0.2) is 0 Å². The molecular formula is C19H32N4O3. The number of nitrogens with one attached hydrogen (secondary N) is 2. The molecule has 1 saturated carbocycles. The number of morpholine rings is 1. The first-order valence-electron chi connectivity index (χ1n) is 10.3. The van der Waals surface area contributed by atoms with Crippen molar-refractivity contribution >= 4 is 11.8 Å². The van der Waals surface area contributed by atoms with E-state index in [2.05, 4.69) is 15.5 Å². The van der Waals surface area contributed by atoms with Crippen LogP contribution in [0.2, 0.25) is 0 Å². The molecule has 4 atom stereocenters. The Kier molecular flexibility index (Phi) is 5.76. The molecule has 4 rings (SSSR count). The number of carbonyl (C=O) groups excluding carboxylic acids is 2. The van der Waals surface area contributed by atoms with Crippen molar-refractivity contribution in [3.05, 3.63) is 0 Å². The summed E-state index contributed by atoms with van der Waals surface area (Å²) in [4.78, 5) is 29.2. The molecule has 0 aromatic rings. The zero-order valence-electron chi connectivity index (χ0n) is 15.6. The topological polar surface area (TPSA) is 73.9 Å². The van der Waals surface area contributed by atoms with E-state index in [1.807, 2.05) is 4.90 Å². The van der Waals surface area contributed by atoms with Crippen LogP contribution in [-0.4, -0.2) is 85.7 Å². The molecule has 2 N–H and O–H groups in total. The number of hydrogen-bond acceptors (Lipinski definition) is 5. The Bertz CT molecular complexity index is 509. The number of carbonyl (C=O) groups is 2. The number of rotatable bonds is 5. The summed E-state index contributed by atoms with van der Waals surface area (Å²) < 4.78 is 5.36. The van der Waals surface area contributed by atoms with Crippen molar-refractivity contribution in [2.24, 2.45) is 5.92 Å². The molecule has 4 aliphatic rings. The van der Waals surface area contributed by atoms with Gasteiger partial charge >= 0.3 is 0 Å². The Balaban J connectivity index is 1.21. The van der Waals surface area contributed by atoms with Gasteiger partial charge in [-0.2, -0.15) is 0 Å². The fraction of sp³-hybridized carbons (Fsp3) is 0.895. The van der Waals surface area contributed by atoms with Gasteiger partial charge in [-0.1, -0.05) is 12.8 Å². The van der Waals surface area contributed by atoms with E-state index in [-0.39, 0.29) is 23.9 Å². The predicted octanol–water partition coefficient (Wildman–Crippen LogP) is -0.0436. The van der Waals surface area contributed by atoms with Gasteiger partial charge in [0.2, 0.25) is 11.8 Å². The molecule has 0 bridgehead atoms. The summed E-state index contributed by atoms with van der Waals surface area (Å²) in [6, 6.07) is 0.416. The van der Waals surface area contributed by atoms with E-state index in [4.69, 9.17) is 4.74 Å². The van der Waals surface area contributed by atoms with E-state index in [9.17, 15) is 9.59 Å². The maximum atomic E-state index is 12.6. The van der Waals surface area contributed by atoms with Gasteiger partial charge in [0.25, 0.3) is 0 Å². The van der Waals surface area contributed by atoms with Crippen LogP contribution in [-0.2, 0) is 14.3 Å². The number of ether oxygens (including phenoxy) is 1. The van der Waals surface area contributed by atoms with Crippen LogP contribution in [0.15, 0.2) is 0 Å². The minimum absolute atomic E-state index is 0.0379. The van der Waals surface area contributed by atoms with E-state index in [1.165, 1.54) is 25.7 Å². The molecule has 4 unspecified atom stereocenters. The molecule has 7 nitrogen and oxygen atoms in total. The molecule has 3 saturated heterocycles. The first-order chi connectivity index (χ1) is 12.7. The van der Waals surface area contributed by atoms with E-state index in [0.717, 1.165) is 45.8 Å². The molecule has 0 aromatic carbocycles. The molecule has 0 spiro atoms. The van der Waals surface area contributed by atoms with Crippen molar-refractivity contribution in [3.8, 4) is 0 Å². The molecule has 0 radical (unpaired) electrons. The van der Waals surface area contributed by atoms with Crippen LogP contribution in [0.5, 0.6) is 0 Å². The fourth-order valence-electron chi connectivity index (χ4n) is 4.99. The number of fused-ring (bicyclic) bond motifs is 1. The van der Waals surface area contributed by atoms with Gasteiger partial charge in [-0.05, 0) is 25.2 Å². The minimum Gasteiger partial charge on any atom is -0.379 e. The van der Waals surface area contributed by atoms with Gasteiger partial charge in [0.1, 0.15) is 0 Å². The molecule has 146 valence electrons. The monoisotopic (exact) mass is 364 g/mol. The Hall–Kier alpha value is -1.18. The summed E-state index contributed by atoms with van der Waals surface area (Å²) in [5, 5.41) is 6.66. The predicted molar refractivity (Wildman–Crippen MR) is 97.7 cm³/mol. The highest BCUT2D eigenvalue weighted by Gasteiger charge is 2.39. The van der Waals surface area contributed by atoms with Crippen LogP contribution in [0.4, 0.5) is 0 Å². The summed E-state index contributed by atoms with van der Waals surface area (Å²) in [5.41, 5.74) is 0. The van der Waals surface area contributed by atoms with Gasteiger partial charge in [0, 0.05) is 45.2 Å². The quantitative estimate of drug-likeness (QED) is 0.716. The van der Waals surface area contributed by atoms with Crippen molar-refractivity contribution in [3.63, 3.8) is 0 Å². The van der Waals surface area contributed by atoms with Crippen molar-refractivity contribution in [2.45, 2.75) is 56.7 Å². The molecule has 26 heavy (non-hydrogen) atoms. The van der Waals surface area contributed by atoms with Gasteiger partial charge < -0.3 is 20.3 Å². The first-order valence-corrected chi connectivity index (χ1v) is 10.3. The summed E-state index contributed by atoms with van der Waals surface area (Å²) in [6.45, 7) is 5.73. The maximum absolute atomic E-state index is 12.6. The minimum atomic E-state index is -0.0689. The molecule has 2 amide bonds. The zero-order chi connectivity index (χ0) is 17.9. The molecule has 1 aliphatic carbocycles. The summed E-state index contributed by atoms with van der Waals surface area (Å²) in [5.74, 6) is 0.915. The SMILES string of the molecule is O=C(NC1CC(=O)N(CCN2CCOCC2)C1)C1CC2CCCCC2N1. The number of amides is 2. The largest absolute Gasteiger partial charge is 0.379 e. The third-order valence-electron chi connectivity index (χ3n) is 6.53. The number of likely N-dealkylation sites (tertiary alicyclic amines) is 1. The highest BCUT2D eigenvalue weighted by atomic mass is 16.5. The fourth-order valence-corrected chi connectivity index (χ4v) is 4.99. The van der Waals surface area contributed by atoms with Gasteiger partial charge in [-0.3, -0.25) is 14.5 Å². The van der Waals surface area contributed by atoms with Crippen LogP contribution >= 0.6 is 0 Å². The Morgan fingerprint density at radius 2 is 2.00 bits per heavy atom. The smallest absolute Gasteiger partial charge is 0.237 e. The molecule has 4 fully saturated rings. The Morgan fingerprint density at radius 3 is 2.81 bits per heavy atom. The average molecular weight is 364 g/mol. The second-order valence-corrected chi connectivity index (χ2v) is 8.31. The van der Waals surface area contributed by atoms with E-state index in [1.54, 1.807) is 0 Å². The molecule has 0 aromatic heterocycles. The summed E-state index contributed by atoms with van der Waals surface area (Å²) in [6.07, 6.45) is 6.42. The second kappa shape index (κ2) is 8.23. The van der Waals surface area contributed by atoms with Crippen LogP contribution in [0.3, 0.4) is 0 Å². The third kappa shape index (κ3) is 4.21. The van der Waals surface area contributed by atoms with E-state index in [0.29, 0.717) is 24.9 Å². The Labute approximate surface area is 155 Å². The number of nitrogens with zero attached hydrogens (tertiary/aromatic N) is 2. The lowest BCUT2D eigenvalue weighted by Gasteiger charge is -2.28. The van der Waals surface area contributed by atoms with Crippen molar-refractivity contribution < 1.29 is 14.3 Å². The van der Waals surface area contributed by atoms with Gasteiger partial charge in [0.05, 0.1) is 25.3 Å². The molecule has 7 heteroatoms. The molecule has 3 heterocycles. The lowest BCUT2D eigenvalue weighted by atomic mass is 9.85. The van der Waals surface area contributed by atoms with Crippen molar-refractivity contribution in [1.29, 1.82) is 0 Å². The van der Waals surface area contributed by atoms with Crippen LogP contribution < -0.4 is 10.6 Å². The second-order valence-electron chi connectivity index (χ2n) is 8.31. The van der Waals surface area contributed by atoms with E-state index >= 15 is 0 Å². The molecule has 3 aliphatic heterocycles. The maximum Gasteiger partial charge on any atom is 0.237 e. The lowest BCUT2D eigenvalue weighted by Crippen LogP contribution is -2.47. The normalized spacial score (nSPS) is 35.5. The van der Waals surface area contributed by atoms with Crippen LogP contribution in [0.1, 0.15) is 38.5 Å². The van der Waals surface area contributed by atoms with Gasteiger partial charge in [-0.15, -0.1) is 0 Å². The highest BCUT2D eigenvalue weighted by molar-refractivity contribution is 5.85. The summed E-state index contributed by atoms with van der Waals surface area (Å²) >= 11 is 0. The van der Waals surface area contributed by atoms with Crippen LogP contribution in [0, 0.1) is 5.92 Å².